The minimum absolute atomic E-state index is 0.551. The third-order valence-corrected chi connectivity index (χ3v) is 4.78. The first kappa shape index (κ1) is 16.4. The summed E-state index contributed by atoms with van der Waals surface area (Å²) in [5.74, 6) is 1.58. The topological polar surface area (TPSA) is 21.3 Å². The lowest BCUT2D eigenvalue weighted by molar-refractivity contribution is 0.304. The molecule has 0 radical (unpaired) electrons. The molecule has 0 aliphatic carbocycles. The number of hydrogen-bond acceptors (Lipinski definition) is 2. The van der Waals surface area contributed by atoms with E-state index in [9.17, 15) is 0 Å². The maximum atomic E-state index is 6.48. The van der Waals surface area contributed by atoms with Gasteiger partial charge in [0, 0.05) is 0 Å². The molecule has 0 amide bonds. The summed E-state index contributed by atoms with van der Waals surface area (Å²) in [7, 11) is 0. The number of benzene rings is 2. The fourth-order valence-electron chi connectivity index (χ4n) is 3.25. The van der Waals surface area contributed by atoms with Gasteiger partial charge in [-0.2, -0.15) is 0 Å². The molecular weight excluding hydrogens is 306 g/mol. The lowest BCUT2D eigenvalue weighted by Gasteiger charge is -2.23. The van der Waals surface area contributed by atoms with Crippen LogP contribution in [0.4, 0.5) is 0 Å². The number of piperidine rings is 1. The molecule has 2 nitrogen and oxygen atoms in total. The van der Waals surface area contributed by atoms with Gasteiger partial charge in [0.05, 0.1) is 5.02 Å². The molecule has 1 aliphatic rings. The second kappa shape index (κ2) is 7.85. The van der Waals surface area contributed by atoms with Gasteiger partial charge in [0.2, 0.25) is 0 Å². The Kier molecular flexibility index (Phi) is 5.58. The van der Waals surface area contributed by atoms with E-state index in [1.54, 1.807) is 0 Å². The Morgan fingerprint density at radius 3 is 2.52 bits per heavy atom. The van der Waals surface area contributed by atoms with E-state index >= 15 is 0 Å². The number of aryl methyl sites for hydroxylation is 1. The van der Waals surface area contributed by atoms with Crippen molar-refractivity contribution in [1.82, 2.24) is 5.32 Å². The number of hydrogen-bond donors (Lipinski definition) is 1. The smallest absolute Gasteiger partial charge is 0.141 e. The molecule has 3 heteroatoms. The Balaban J connectivity index is 1.67. The summed E-state index contributed by atoms with van der Waals surface area (Å²) >= 11 is 6.48. The Hall–Kier alpha value is -1.51. The van der Waals surface area contributed by atoms with Gasteiger partial charge < -0.3 is 10.1 Å². The van der Waals surface area contributed by atoms with Gasteiger partial charge in [-0.15, -0.1) is 0 Å². The monoisotopic (exact) mass is 329 g/mol. The third kappa shape index (κ3) is 4.49. The molecule has 1 fully saturated rings. The molecule has 1 saturated heterocycles. The Morgan fingerprint density at radius 1 is 1.09 bits per heavy atom. The molecule has 122 valence electrons. The van der Waals surface area contributed by atoms with E-state index < -0.39 is 0 Å². The summed E-state index contributed by atoms with van der Waals surface area (Å²) in [6, 6.07) is 14.5. The standard InChI is InChI=1S/C20H24ClNO/c1-15-11-18(12-16-7-9-22-10-8-16)13-19(21)20(15)23-14-17-5-3-2-4-6-17/h2-6,11,13,16,22H,7-10,12,14H2,1H3. The van der Waals surface area contributed by atoms with Gasteiger partial charge in [-0.1, -0.05) is 48.0 Å². The average molecular weight is 330 g/mol. The first-order chi connectivity index (χ1) is 11.2. The van der Waals surface area contributed by atoms with Crippen LogP contribution < -0.4 is 10.1 Å². The Bertz CT molecular complexity index is 612. The van der Waals surface area contributed by atoms with Crippen molar-refractivity contribution in [3.63, 3.8) is 0 Å². The minimum Gasteiger partial charge on any atom is -0.487 e. The highest BCUT2D eigenvalue weighted by atomic mass is 35.5. The minimum atomic E-state index is 0.551. The van der Waals surface area contributed by atoms with E-state index in [0.29, 0.717) is 6.61 Å². The van der Waals surface area contributed by atoms with Crippen LogP contribution in [0.5, 0.6) is 5.75 Å². The Morgan fingerprint density at radius 2 is 1.83 bits per heavy atom. The van der Waals surface area contributed by atoms with Crippen LogP contribution in [0.25, 0.3) is 0 Å². The highest BCUT2D eigenvalue weighted by Crippen LogP contribution is 2.32. The average Bonchev–Trinajstić information content (AvgIpc) is 2.56. The molecular formula is C20H24ClNO. The lowest BCUT2D eigenvalue weighted by atomic mass is 9.90. The van der Waals surface area contributed by atoms with E-state index in [2.05, 4.69) is 36.5 Å². The van der Waals surface area contributed by atoms with Crippen LogP contribution in [0.2, 0.25) is 5.02 Å². The quantitative estimate of drug-likeness (QED) is 0.853. The maximum absolute atomic E-state index is 6.48. The third-order valence-electron chi connectivity index (χ3n) is 4.50. The fraction of sp³-hybridized carbons (Fsp3) is 0.400. The molecule has 1 aliphatic heterocycles. The van der Waals surface area contributed by atoms with Gasteiger partial charge in [0.1, 0.15) is 12.4 Å². The first-order valence-corrected chi connectivity index (χ1v) is 8.76. The Labute approximate surface area is 143 Å². The molecule has 0 saturated carbocycles. The van der Waals surface area contributed by atoms with Crippen molar-refractivity contribution < 1.29 is 4.74 Å². The van der Waals surface area contributed by atoms with E-state index in [4.69, 9.17) is 16.3 Å². The van der Waals surface area contributed by atoms with E-state index in [0.717, 1.165) is 47.3 Å². The van der Waals surface area contributed by atoms with Crippen LogP contribution in [-0.4, -0.2) is 13.1 Å². The molecule has 0 unspecified atom stereocenters. The summed E-state index contributed by atoms with van der Waals surface area (Å²) in [5.41, 5.74) is 3.60. The van der Waals surface area contributed by atoms with Crippen molar-refractivity contribution in [3.05, 3.63) is 64.2 Å². The van der Waals surface area contributed by atoms with Crippen LogP contribution in [-0.2, 0) is 13.0 Å². The van der Waals surface area contributed by atoms with Gasteiger partial charge in [-0.25, -0.2) is 0 Å². The molecule has 2 aromatic carbocycles. The highest BCUT2D eigenvalue weighted by molar-refractivity contribution is 6.32. The number of ether oxygens (including phenoxy) is 1. The molecule has 1 heterocycles. The number of rotatable bonds is 5. The highest BCUT2D eigenvalue weighted by Gasteiger charge is 2.15. The molecule has 3 rings (SSSR count). The second-order valence-electron chi connectivity index (χ2n) is 6.40. The van der Waals surface area contributed by atoms with Gasteiger partial charge in [0.25, 0.3) is 0 Å². The van der Waals surface area contributed by atoms with E-state index in [1.165, 1.54) is 18.4 Å². The van der Waals surface area contributed by atoms with Crippen molar-refractivity contribution >= 4 is 11.6 Å². The summed E-state index contributed by atoms with van der Waals surface area (Å²) in [5, 5.41) is 4.15. The van der Waals surface area contributed by atoms with Crippen LogP contribution in [0, 0.1) is 12.8 Å². The normalized spacial score (nSPS) is 15.6. The van der Waals surface area contributed by atoms with Crippen molar-refractivity contribution in [3.8, 4) is 5.75 Å². The summed E-state index contributed by atoms with van der Waals surface area (Å²) in [6.45, 7) is 4.90. The van der Waals surface area contributed by atoms with Crippen LogP contribution in [0.15, 0.2) is 42.5 Å². The van der Waals surface area contributed by atoms with Gasteiger partial charge >= 0.3 is 0 Å². The van der Waals surface area contributed by atoms with Crippen molar-refractivity contribution in [1.29, 1.82) is 0 Å². The summed E-state index contributed by atoms with van der Waals surface area (Å²) in [4.78, 5) is 0. The van der Waals surface area contributed by atoms with Gasteiger partial charge in [-0.05, 0) is 68.0 Å². The first-order valence-electron chi connectivity index (χ1n) is 8.39. The second-order valence-corrected chi connectivity index (χ2v) is 6.80. The largest absolute Gasteiger partial charge is 0.487 e. The lowest BCUT2D eigenvalue weighted by Crippen LogP contribution is -2.28. The van der Waals surface area contributed by atoms with E-state index in [-0.39, 0.29) is 0 Å². The molecule has 2 aromatic rings. The molecule has 0 aromatic heterocycles. The molecule has 0 bridgehead atoms. The van der Waals surface area contributed by atoms with Crippen LogP contribution >= 0.6 is 11.6 Å². The zero-order valence-electron chi connectivity index (χ0n) is 13.6. The van der Waals surface area contributed by atoms with Crippen molar-refractivity contribution in [2.45, 2.75) is 32.8 Å². The molecule has 0 spiro atoms. The van der Waals surface area contributed by atoms with Crippen LogP contribution in [0.3, 0.4) is 0 Å². The van der Waals surface area contributed by atoms with Crippen LogP contribution in [0.1, 0.15) is 29.5 Å². The zero-order valence-corrected chi connectivity index (χ0v) is 14.4. The molecule has 23 heavy (non-hydrogen) atoms. The molecule has 1 N–H and O–H groups in total. The maximum Gasteiger partial charge on any atom is 0.141 e. The SMILES string of the molecule is Cc1cc(CC2CCNCC2)cc(Cl)c1OCc1ccccc1. The fourth-order valence-corrected chi connectivity index (χ4v) is 3.60. The van der Waals surface area contributed by atoms with E-state index in [1.807, 2.05) is 18.2 Å². The van der Waals surface area contributed by atoms with Gasteiger partial charge in [0.15, 0.2) is 0 Å². The summed E-state index contributed by atoms with van der Waals surface area (Å²) < 4.78 is 5.96. The number of halogens is 1. The summed E-state index contributed by atoms with van der Waals surface area (Å²) in [6.07, 6.45) is 3.62. The predicted octanol–water partition coefficient (Wildman–Crippen LogP) is 4.77. The molecule has 0 atom stereocenters. The predicted molar refractivity (Wildman–Crippen MR) is 96.3 cm³/mol. The van der Waals surface area contributed by atoms with Crippen molar-refractivity contribution in [2.75, 3.05) is 13.1 Å². The van der Waals surface area contributed by atoms with Gasteiger partial charge in [-0.3, -0.25) is 0 Å². The zero-order chi connectivity index (χ0) is 16.1. The number of nitrogens with one attached hydrogen (secondary N) is 1. The van der Waals surface area contributed by atoms with Crippen molar-refractivity contribution in [2.24, 2.45) is 5.92 Å².